The number of benzene rings is 1. The first-order valence-electron chi connectivity index (χ1n) is 6.73. The van der Waals surface area contributed by atoms with Crippen molar-refractivity contribution in [1.82, 2.24) is 14.5 Å². The number of nitrogens with one attached hydrogen (secondary N) is 1. The van der Waals surface area contributed by atoms with Gasteiger partial charge in [-0.15, -0.1) is 0 Å². The first kappa shape index (κ1) is 16.5. The summed E-state index contributed by atoms with van der Waals surface area (Å²) in [6, 6.07) is 4.58. The van der Waals surface area contributed by atoms with Gasteiger partial charge in [-0.1, -0.05) is 11.6 Å². The van der Waals surface area contributed by atoms with Crippen LogP contribution in [0.25, 0.3) is 0 Å². The Hall–Kier alpha value is -0.860. The van der Waals surface area contributed by atoms with Crippen molar-refractivity contribution in [3.05, 3.63) is 23.2 Å². The number of halogens is 1. The third-order valence-electron chi connectivity index (χ3n) is 3.73. The van der Waals surface area contributed by atoms with Crippen molar-refractivity contribution in [3.63, 3.8) is 0 Å². The lowest BCUT2D eigenvalue weighted by molar-refractivity contribution is 0.117. The van der Waals surface area contributed by atoms with Gasteiger partial charge in [-0.25, -0.2) is 13.1 Å². The molecular formula is C13H21ClN4O2S. The molecule has 21 heavy (non-hydrogen) atoms. The number of sulfonamides is 1. The Morgan fingerprint density at radius 1 is 1.38 bits per heavy atom. The van der Waals surface area contributed by atoms with E-state index in [9.17, 15) is 8.42 Å². The molecule has 1 aromatic rings. The van der Waals surface area contributed by atoms with Crippen LogP contribution in [0.2, 0.25) is 5.02 Å². The molecule has 2 rings (SSSR count). The largest absolute Gasteiger partial charge is 0.399 e. The second-order valence-corrected chi connectivity index (χ2v) is 7.58. The molecule has 6 nitrogen and oxygen atoms in total. The Morgan fingerprint density at radius 3 is 2.81 bits per heavy atom. The maximum Gasteiger partial charge on any atom is 0.242 e. The maximum atomic E-state index is 12.4. The Morgan fingerprint density at radius 2 is 2.10 bits per heavy atom. The van der Waals surface area contributed by atoms with Crippen LogP contribution in [0.15, 0.2) is 23.1 Å². The zero-order valence-electron chi connectivity index (χ0n) is 12.2. The van der Waals surface area contributed by atoms with Crippen molar-refractivity contribution in [3.8, 4) is 0 Å². The number of nitrogens with two attached hydrogens (primary N) is 1. The number of hydrogen-bond donors (Lipinski definition) is 2. The molecule has 1 saturated heterocycles. The van der Waals surface area contributed by atoms with Crippen LogP contribution < -0.4 is 10.5 Å². The minimum Gasteiger partial charge on any atom is -0.399 e. The number of piperazine rings is 1. The van der Waals surface area contributed by atoms with E-state index in [2.05, 4.69) is 14.5 Å². The van der Waals surface area contributed by atoms with E-state index in [0.29, 0.717) is 12.2 Å². The van der Waals surface area contributed by atoms with Crippen molar-refractivity contribution < 1.29 is 8.42 Å². The van der Waals surface area contributed by atoms with Gasteiger partial charge >= 0.3 is 0 Å². The molecule has 1 aliphatic heterocycles. The van der Waals surface area contributed by atoms with Crippen molar-refractivity contribution in [1.29, 1.82) is 0 Å². The SMILES string of the molecule is CN1CCN(C)C(CNS(=O)(=O)c2cc(N)ccc2Cl)C1. The van der Waals surface area contributed by atoms with Crippen LogP contribution in [0.3, 0.4) is 0 Å². The number of hydrogen-bond acceptors (Lipinski definition) is 5. The topological polar surface area (TPSA) is 78.7 Å². The van der Waals surface area contributed by atoms with E-state index in [1.807, 2.05) is 14.1 Å². The summed E-state index contributed by atoms with van der Waals surface area (Å²) in [7, 11) is 0.370. The second kappa shape index (κ2) is 6.50. The average molecular weight is 333 g/mol. The zero-order chi connectivity index (χ0) is 15.6. The predicted molar refractivity (Wildman–Crippen MR) is 85.0 cm³/mol. The van der Waals surface area contributed by atoms with Crippen LogP contribution in [0.5, 0.6) is 0 Å². The molecule has 0 spiro atoms. The number of nitrogens with zero attached hydrogens (tertiary/aromatic N) is 2. The van der Waals surface area contributed by atoms with Crippen molar-refractivity contribution >= 4 is 27.3 Å². The molecule has 1 atom stereocenters. The third-order valence-corrected chi connectivity index (χ3v) is 5.64. The Bertz CT molecular complexity index is 608. The summed E-state index contributed by atoms with van der Waals surface area (Å²) in [5.41, 5.74) is 6.01. The summed E-state index contributed by atoms with van der Waals surface area (Å²) in [6.07, 6.45) is 0. The lowest BCUT2D eigenvalue weighted by atomic mass is 10.2. The fraction of sp³-hybridized carbons (Fsp3) is 0.538. The molecule has 0 aliphatic carbocycles. The van der Waals surface area contributed by atoms with Gasteiger partial charge in [0.1, 0.15) is 4.90 Å². The summed E-state index contributed by atoms with van der Waals surface area (Å²) in [5, 5.41) is 0.172. The third kappa shape index (κ3) is 4.08. The van der Waals surface area contributed by atoms with Gasteiger partial charge in [-0.2, -0.15) is 0 Å². The second-order valence-electron chi connectivity index (χ2n) is 5.44. The normalized spacial score (nSPS) is 21.6. The van der Waals surface area contributed by atoms with Gasteiger partial charge < -0.3 is 10.6 Å². The van der Waals surface area contributed by atoms with Crippen LogP contribution in [0, 0.1) is 0 Å². The Labute approximate surface area is 130 Å². The minimum atomic E-state index is -3.66. The Kier molecular flexibility index (Phi) is 5.11. The van der Waals surface area contributed by atoms with Gasteiger partial charge in [0.05, 0.1) is 5.02 Å². The van der Waals surface area contributed by atoms with E-state index in [0.717, 1.165) is 19.6 Å². The van der Waals surface area contributed by atoms with Crippen LogP contribution in [0.1, 0.15) is 0 Å². The standard InChI is InChI=1S/C13H21ClN4O2S/c1-17-5-6-18(2)11(9-17)8-16-21(19,20)13-7-10(15)3-4-12(13)14/h3-4,7,11,16H,5-6,8-9,15H2,1-2H3. The highest BCUT2D eigenvalue weighted by atomic mass is 35.5. The monoisotopic (exact) mass is 332 g/mol. The molecule has 1 aromatic carbocycles. The lowest BCUT2D eigenvalue weighted by Gasteiger charge is -2.37. The number of likely N-dealkylation sites (N-methyl/N-ethyl adjacent to an activating group) is 2. The quantitative estimate of drug-likeness (QED) is 0.783. The zero-order valence-corrected chi connectivity index (χ0v) is 13.8. The predicted octanol–water partition coefficient (Wildman–Crippen LogP) is 0.446. The van der Waals surface area contributed by atoms with Gasteiger partial charge in [0.25, 0.3) is 0 Å². The highest BCUT2D eigenvalue weighted by Crippen LogP contribution is 2.23. The summed E-state index contributed by atoms with van der Waals surface area (Å²) >= 11 is 5.96. The molecule has 0 bridgehead atoms. The molecule has 3 N–H and O–H groups in total. The smallest absolute Gasteiger partial charge is 0.242 e. The molecule has 0 amide bonds. The maximum absolute atomic E-state index is 12.4. The average Bonchev–Trinajstić information content (AvgIpc) is 2.42. The molecule has 0 radical (unpaired) electrons. The molecule has 118 valence electrons. The van der Waals surface area contributed by atoms with Crippen molar-refractivity contribution in [2.24, 2.45) is 0 Å². The molecule has 0 saturated carbocycles. The van der Waals surface area contributed by atoms with E-state index >= 15 is 0 Å². The molecular weight excluding hydrogens is 312 g/mol. The molecule has 1 fully saturated rings. The number of rotatable bonds is 4. The van der Waals surface area contributed by atoms with E-state index in [-0.39, 0.29) is 16.0 Å². The Balaban J connectivity index is 2.09. The lowest BCUT2D eigenvalue weighted by Crippen LogP contribution is -2.54. The number of anilines is 1. The van der Waals surface area contributed by atoms with E-state index in [1.54, 1.807) is 6.07 Å². The van der Waals surface area contributed by atoms with Crippen molar-refractivity contribution in [2.45, 2.75) is 10.9 Å². The minimum absolute atomic E-state index is 0.0241. The highest BCUT2D eigenvalue weighted by Gasteiger charge is 2.25. The van der Waals surface area contributed by atoms with Crippen LogP contribution in [0.4, 0.5) is 5.69 Å². The van der Waals surface area contributed by atoms with Crippen molar-refractivity contribution in [2.75, 3.05) is 46.0 Å². The fourth-order valence-corrected chi connectivity index (χ4v) is 3.94. The summed E-state index contributed by atoms with van der Waals surface area (Å²) < 4.78 is 27.3. The van der Waals surface area contributed by atoms with E-state index < -0.39 is 10.0 Å². The number of nitrogen functional groups attached to an aromatic ring is 1. The van der Waals surface area contributed by atoms with Gasteiger partial charge in [0.2, 0.25) is 10.0 Å². The molecule has 1 unspecified atom stereocenters. The van der Waals surface area contributed by atoms with E-state index in [4.69, 9.17) is 17.3 Å². The fourth-order valence-electron chi connectivity index (χ4n) is 2.33. The first-order chi connectivity index (χ1) is 9.79. The van der Waals surface area contributed by atoms with Crippen LogP contribution in [-0.4, -0.2) is 64.5 Å². The summed E-state index contributed by atoms with van der Waals surface area (Å²) in [6.45, 7) is 3.07. The summed E-state index contributed by atoms with van der Waals surface area (Å²) in [4.78, 5) is 4.37. The van der Waals surface area contributed by atoms with Gasteiger partial charge in [0.15, 0.2) is 0 Å². The summed E-state index contributed by atoms with van der Waals surface area (Å²) in [5.74, 6) is 0. The molecule has 1 aliphatic rings. The van der Waals surface area contributed by atoms with Gasteiger partial charge in [-0.05, 0) is 32.3 Å². The molecule has 8 heteroatoms. The van der Waals surface area contributed by atoms with Crippen LogP contribution in [-0.2, 0) is 10.0 Å². The highest BCUT2D eigenvalue weighted by molar-refractivity contribution is 7.89. The van der Waals surface area contributed by atoms with Gasteiger partial charge in [0, 0.05) is 37.9 Å². The molecule has 0 aromatic heterocycles. The molecule has 1 heterocycles. The van der Waals surface area contributed by atoms with Gasteiger partial charge in [-0.3, -0.25) is 4.90 Å². The first-order valence-corrected chi connectivity index (χ1v) is 8.59. The van der Waals surface area contributed by atoms with E-state index in [1.165, 1.54) is 12.1 Å². The van der Waals surface area contributed by atoms with Crippen LogP contribution >= 0.6 is 11.6 Å².